The van der Waals surface area contributed by atoms with E-state index in [0.717, 1.165) is 12.8 Å². The third-order valence-electron chi connectivity index (χ3n) is 2.44. The summed E-state index contributed by atoms with van der Waals surface area (Å²) in [6.07, 6.45) is 4.56. The van der Waals surface area contributed by atoms with Crippen molar-refractivity contribution < 1.29 is 9.90 Å². The van der Waals surface area contributed by atoms with Crippen molar-refractivity contribution in [2.24, 2.45) is 0 Å². The molecular weight excluding hydrogens is 216 g/mol. The van der Waals surface area contributed by atoms with Crippen LogP contribution in [0.25, 0.3) is 0 Å². The van der Waals surface area contributed by atoms with Gasteiger partial charge in [0.25, 0.3) is 0 Å². The van der Waals surface area contributed by atoms with Gasteiger partial charge in [-0.25, -0.2) is 4.79 Å². The van der Waals surface area contributed by atoms with Gasteiger partial charge >= 0.3 is 6.03 Å². The topological polar surface area (TPSA) is 61.4 Å². The van der Waals surface area contributed by atoms with Gasteiger partial charge < -0.3 is 15.7 Å². The number of amides is 2. The molecule has 1 aromatic rings. The summed E-state index contributed by atoms with van der Waals surface area (Å²) in [6.45, 7) is 2.86. The lowest BCUT2D eigenvalue weighted by molar-refractivity contribution is 0.252. The Bertz CT molecular complexity index is 336. The lowest BCUT2D eigenvalue weighted by atomic mass is 10.2. The molecule has 0 bridgehead atoms. The highest BCUT2D eigenvalue weighted by molar-refractivity contribution is 5.89. The first kappa shape index (κ1) is 13.4. The molecule has 0 heterocycles. The Labute approximate surface area is 102 Å². The molecule has 0 spiro atoms. The molecule has 17 heavy (non-hydrogen) atoms. The van der Waals surface area contributed by atoms with E-state index in [-0.39, 0.29) is 11.8 Å². The molecule has 0 aliphatic heterocycles. The maximum Gasteiger partial charge on any atom is 0.319 e. The molecule has 0 aliphatic carbocycles. The smallest absolute Gasteiger partial charge is 0.319 e. The molecule has 0 saturated heterocycles. The van der Waals surface area contributed by atoms with Crippen LogP contribution in [0, 0.1) is 0 Å². The van der Waals surface area contributed by atoms with Gasteiger partial charge in [-0.15, -0.1) is 0 Å². The predicted molar refractivity (Wildman–Crippen MR) is 69.3 cm³/mol. The van der Waals surface area contributed by atoms with Gasteiger partial charge in [0.05, 0.1) is 0 Å². The molecule has 1 rings (SSSR count). The van der Waals surface area contributed by atoms with Gasteiger partial charge in [-0.3, -0.25) is 0 Å². The number of anilines is 1. The van der Waals surface area contributed by atoms with E-state index in [0.29, 0.717) is 12.2 Å². The van der Waals surface area contributed by atoms with Crippen molar-refractivity contribution in [1.82, 2.24) is 5.32 Å². The second kappa shape index (κ2) is 7.54. The molecule has 4 heteroatoms. The molecule has 4 nitrogen and oxygen atoms in total. The van der Waals surface area contributed by atoms with Crippen molar-refractivity contribution >= 4 is 11.7 Å². The van der Waals surface area contributed by atoms with Crippen LogP contribution in [0.1, 0.15) is 32.6 Å². The molecule has 0 radical (unpaired) electrons. The van der Waals surface area contributed by atoms with Gasteiger partial charge in [0.2, 0.25) is 0 Å². The molecule has 0 aliphatic rings. The van der Waals surface area contributed by atoms with E-state index in [1.54, 1.807) is 12.1 Å². The molecule has 1 aromatic carbocycles. The molecule has 0 aromatic heterocycles. The van der Waals surface area contributed by atoms with E-state index in [4.69, 9.17) is 5.11 Å². The van der Waals surface area contributed by atoms with Gasteiger partial charge in [0.15, 0.2) is 0 Å². The van der Waals surface area contributed by atoms with E-state index in [2.05, 4.69) is 17.6 Å². The number of benzene rings is 1. The van der Waals surface area contributed by atoms with Crippen LogP contribution in [-0.2, 0) is 0 Å². The van der Waals surface area contributed by atoms with Crippen molar-refractivity contribution in [3.63, 3.8) is 0 Å². The minimum absolute atomic E-state index is 0.190. The highest BCUT2D eigenvalue weighted by Gasteiger charge is 2.00. The van der Waals surface area contributed by atoms with E-state index < -0.39 is 0 Å². The van der Waals surface area contributed by atoms with E-state index in [9.17, 15) is 4.79 Å². The maximum atomic E-state index is 11.4. The SMILES string of the molecule is CCCCCCNC(=O)Nc1ccc(O)cc1. The summed E-state index contributed by atoms with van der Waals surface area (Å²) in [7, 11) is 0. The molecule has 2 amide bonds. The largest absolute Gasteiger partial charge is 0.508 e. The van der Waals surface area contributed by atoms with Crippen LogP contribution in [0.5, 0.6) is 5.75 Å². The highest BCUT2D eigenvalue weighted by atomic mass is 16.3. The van der Waals surface area contributed by atoms with Crippen LogP contribution in [0.2, 0.25) is 0 Å². The monoisotopic (exact) mass is 236 g/mol. The van der Waals surface area contributed by atoms with Crippen molar-refractivity contribution in [3.8, 4) is 5.75 Å². The van der Waals surface area contributed by atoms with Crippen LogP contribution in [-0.4, -0.2) is 17.7 Å². The lowest BCUT2D eigenvalue weighted by Crippen LogP contribution is -2.29. The minimum atomic E-state index is -0.202. The minimum Gasteiger partial charge on any atom is -0.508 e. The van der Waals surface area contributed by atoms with Crippen molar-refractivity contribution in [2.45, 2.75) is 32.6 Å². The fourth-order valence-electron chi connectivity index (χ4n) is 1.47. The molecule has 0 unspecified atom stereocenters. The second-order valence-corrected chi connectivity index (χ2v) is 3.99. The summed E-state index contributed by atoms with van der Waals surface area (Å²) in [5, 5.41) is 14.6. The summed E-state index contributed by atoms with van der Waals surface area (Å²) in [5.74, 6) is 0.190. The molecule has 0 atom stereocenters. The number of phenolic OH excluding ortho intramolecular Hbond substituents is 1. The first-order valence-electron chi connectivity index (χ1n) is 6.06. The second-order valence-electron chi connectivity index (χ2n) is 3.99. The van der Waals surface area contributed by atoms with Crippen LogP contribution in [0.15, 0.2) is 24.3 Å². The van der Waals surface area contributed by atoms with Crippen molar-refractivity contribution in [2.75, 3.05) is 11.9 Å². The van der Waals surface area contributed by atoms with Crippen LogP contribution in [0.3, 0.4) is 0 Å². The summed E-state index contributed by atoms with van der Waals surface area (Å²) < 4.78 is 0. The summed E-state index contributed by atoms with van der Waals surface area (Å²) in [5.41, 5.74) is 0.675. The molecule has 3 N–H and O–H groups in total. The Kier molecular flexibility index (Phi) is 5.93. The van der Waals surface area contributed by atoms with Crippen LogP contribution >= 0.6 is 0 Å². The number of aromatic hydroxyl groups is 1. The Balaban J connectivity index is 2.18. The average Bonchev–Trinajstić information content (AvgIpc) is 2.32. The first-order chi connectivity index (χ1) is 8.22. The third-order valence-corrected chi connectivity index (χ3v) is 2.44. The quantitative estimate of drug-likeness (QED) is 0.525. The number of rotatable bonds is 6. The average molecular weight is 236 g/mol. The zero-order valence-corrected chi connectivity index (χ0v) is 10.2. The van der Waals surface area contributed by atoms with Crippen LogP contribution < -0.4 is 10.6 Å². The Morgan fingerprint density at radius 3 is 2.53 bits per heavy atom. The Morgan fingerprint density at radius 2 is 1.88 bits per heavy atom. The fourth-order valence-corrected chi connectivity index (χ4v) is 1.47. The van der Waals surface area contributed by atoms with Gasteiger partial charge in [-0.05, 0) is 30.7 Å². The number of phenols is 1. The molecule has 0 fully saturated rings. The number of unbranched alkanes of at least 4 members (excludes halogenated alkanes) is 3. The Hall–Kier alpha value is -1.71. The fraction of sp³-hybridized carbons (Fsp3) is 0.462. The van der Waals surface area contributed by atoms with E-state index >= 15 is 0 Å². The zero-order chi connectivity index (χ0) is 12.5. The number of hydrogen-bond donors (Lipinski definition) is 3. The number of carbonyl (C=O) groups excluding carboxylic acids is 1. The maximum absolute atomic E-state index is 11.4. The van der Waals surface area contributed by atoms with Gasteiger partial charge in [0.1, 0.15) is 5.75 Å². The highest BCUT2D eigenvalue weighted by Crippen LogP contribution is 2.13. The summed E-state index contributed by atoms with van der Waals surface area (Å²) >= 11 is 0. The third kappa shape index (κ3) is 5.80. The van der Waals surface area contributed by atoms with Gasteiger partial charge in [0, 0.05) is 12.2 Å². The Morgan fingerprint density at radius 1 is 1.18 bits per heavy atom. The predicted octanol–water partition coefficient (Wildman–Crippen LogP) is 3.09. The molecule has 94 valence electrons. The van der Waals surface area contributed by atoms with E-state index in [1.807, 2.05) is 0 Å². The first-order valence-corrected chi connectivity index (χ1v) is 6.06. The van der Waals surface area contributed by atoms with Crippen molar-refractivity contribution in [3.05, 3.63) is 24.3 Å². The lowest BCUT2D eigenvalue weighted by Gasteiger charge is -2.07. The standard InChI is InChI=1S/C13H20N2O2/c1-2-3-4-5-10-14-13(17)15-11-6-8-12(16)9-7-11/h6-9,16H,2-5,10H2,1H3,(H2,14,15,17). The number of carbonyl (C=O) groups is 1. The zero-order valence-electron chi connectivity index (χ0n) is 10.2. The van der Waals surface area contributed by atoms with Crippen LogP contribution in [0.4, 0.5) is 10.5 Å². The van der Waals surface area contributed by atoms with Crippen molar-refractivity contribution in [1.29, 1.82) is 0 Å². The normalized spacial score (nSPS) is 9.94. The molecular formula is C13H20N2O2. The summed E-state index contributed by atoms with van der Waals surface area (Å²) in [4.78, 5) is 11.4. The number of urea groups is 1. The number of nitrogens with one attached hydrogen (secondary N) is 2. The molecule has 0 saturated carbocycles. The number of hydrogen-bond acceptors (Lipinski definition) is 2. The van der Waals surface area contributed by atoms with Gasteiger partial charge in [-0.2, -0.15) is 0 Å². The van der Waals surface area contributed by atoms with E-state index in [1.165, 1.54) is 25.0 Å². The summed E-state index contributed by atoms with van der Waals surface area (Å²) in [6, 6.07) is 6.19. The van der Waals surface area contributed by atoms with Gasteiger partial charge in [-0.1, -0.05) is 26.2 Å².